The van der Waals surface area contributed by atoms with Gasteiger partial charge in [0, 0.05) is 10.5 Å². The Hall–Kier alpha value is -0.580. The lowest BCUT2D eigenvalue weighted by Crippen LogP contribution is -1.78. The van der Waals surface area contributed by atoms with Crippen LogP contribution in [-0.4, -0.2) is 11.1 Å². The lowest BCUT2D eigenvalue weighted by molar-refractivity contribution is -0.134. The second-order valence-electron chi connectivity index (χ2n) is 2.50. The van der Waals surface area contributed by atoms with E-state index >= 15 is 0 Å². The third-order valence-electron chi connectivity index (χ3n) is 1.32. The minimum absolute atomic E-state index is 0.833. The first kappa shape index (κ1) is 12.4. The van der Waals surface area contributed by atoms with Gasteiger partial charge in [0.1, 0.15) is 0 Å². The normalized spacial score (nSPS) is 8.54. The summed E-state index contributed by atoms with van der Waals surface area (Å²) in [6.45, 7) is 3.25. The Morgan fingerprint density at radius 2 is 1.77 bits per heavy atom. The summed E-state index contributed by atoms with van der Waals surface area (Å²) >= 11 is 2.31. The van der Waals surface area contributed by atoms with E-state index in [9.17, 15) is 0 Å². The van der Waals surface area contributed by atoms with E-state index in [1.54, 1.807) is 0 Å². The number of carbonyl (C=O) groups is 1. The van der Waals surface area contributed by atoms with Gasteiger partial charge in [-0.25, -0.2) is 0 Å². The largest absolute Gasteiger partial charge is 0.481 e. The minimum atomic E-state index is -0.833. The summed E-state index contributed by atoms with van der Waals surface area (Å²) < 4.78 is 1.31. The van der Waals surface area contributed by atoms with Gasteiger partial charge in [-0.3, -0.25) is 4.79 Å². The molecule has 0 spiro atoms. The number of carboxylic acid groups (broad SMARTS) is 1. The number of aryl methyl sites for hydroxylation is 1. The Bertz CT molecular complexity index is 250. The third-order valence-corrected chi connectivity index (χ3v) is 2.04. The van der Waals surface area contributed by atoms with Gasteiger partial charge >= 0.3 is 0 Å². The quantitative estimate of drug-likeness (QED) is 0.808. The number of aliphatic carboxylic acids is 1. The molecule has 0 aliphatic rings. The number of hydrogen-bond donors (Lipinski definition) is 1. The minimum Gasteiger partial charge on any atom is -0.481 e. The van der Waals surface area contributed by atoms with E-state index in [1.165, 1.54) is 9.13 Å². The van der Waals surface area contributed by atoms with Gasteiger partial charge in [-0.15, -0.1) is 0 Å². The van der Waals surface area contributed by atoms with Crippen molar-refractivity contribution in [1.82, 2.24) is 0 Å². The lowest BCUT2D eigenvalue weighted by atomic mass is 10.2. The summed E-state index contributed by atoms with van der Waals surface area (Å²) in [7, 11) is 0. The molecular weight excluding hydrogens is 279 g/mol. The van der Waals surface area contributed by atoms with Gasteiger partial charge in [-0.05, 0) is 46.7 Å². The molecule has 72 valence electrons. The highest BCUT2D eigenvalue weighted by molar-refractivity contribution is 14.1. The highest BCUT2D eigenvalue weighted by Crippen LogP contribution is 2.06. The molecule has 3 heteroatoms. The Morgan fingerprint density at radius 3 is 2.08 bits per heavy atom. The first-order valence-electron chi connectivity index (χ1n) is 4.00. The van der Waals surface area contributed by atoms with Gasteiger partial charge in [0.05, 0.1) is 0 Å². The molecule has 1 aromatic carbocycles. The monoisotopic (exact) mass is 292 g/mol. The number of carboxylic acids is 1. The molecule has 13 heavy (non-hydrogen) atoms. The van der Waals surface area contributed by atoms with Crippen molar-refractivity contribution in [2.45, 2.75) is 20.3 Å². The maximum atomic E-state index is 9.00. The molecule has 2 nitrogen and oxygen atoms in total. The van der Waals surface area contributed by atoms with Crippen LogP contribution in [0.4, 0.5) is 0 Å². The Morgan fingerprint density at radius 1 is 1.38 bits per heavy atom. The lowest BCUT2D eigenvalue weighted by Gasteiger charge is -1.93. The van der Waals surface area contributed by atoms with Gasteiger partial charge in [0.2, 0.25) is 0 Å². The number of hydrogen-bond acceptors (Lipinski definition) is 1. The summed E-state index contributed by atoms with van der Waals surface area (Å²) in [4.78, 5) is 9.00. The van der Waals surface area contributed by atoms with Crippen LogP contribution < -0.4 is 0 Å². The van der Waals surface area contributed by atoms with Gasteiger partial charge in [0.15, 0.2) is 0 Å². The van der Waals surface area contributed by atoms with E-state index in [-0.39, 0.29) is 0 Å². The average Bonchev–Trinajstić information content (AvgIpc) is 2.05. The highest BCUT2D eigenvalue weighted by atomic mass is 127. The van der Waals surface area contributed by atoms with Gasteiger partial charge in [0.25, 0.3) is 5.97 Å². The number of rotatable bonds is 1. The molecule has 0 atom stereocenters. The van der Waals surface area contributed by atoms with Crippen molar-refractivity contribution >= 4 is 28.6 Å². The maximum absolute atomic E-state index is 9.00. The summed E-state index contributed by atoms with van der Waals surface area (Å²) in [5, 5.41) is 7.42. The van der Waals surface area contributed by atoms with Crippen LogP contribution in [-0.2, 0) is 11.2 Å². The van der Waals surface area contributed by atoms with E-state index in [0.29, 0.717) is 0 Å². The Labute approximate surface area is 92.1 Å². The molecule has 0 radical (unpaired) electrons. The van der Waals surface area contributed by atoms with Crippen LogP contribution >= 0.6 is 22.6 Å². The van der Waals surface area contributed by atoms with Crippen LogP contribution in [0.2, 0.25) is 0 Å². The standard InChI is InChI=1S/C8H9I.C2H4O2/c1-2-7-3-5-8(9)6-4-7;1-2(3)4/h3-6H,2H2,1H3;1H3,(H,3,4). The van der Waals surface area contributed by atoms with Crippen LogP contribution in [0.1, 0.15) is 19.4 Å². The van der Waals surface area contributed by atoms with E-state index < -0.39 is 5.97 Å². The third kappa shape index (κ3) is 7.77. The highest BCUT2D eigenvalue weighted by Gasteiger charge is 1.85. The first-order chi connectivity index (χ1) is 6.06. The zero-order valence-electron chi connectivity index (χ0n) is 7.75. The maximum Gasteiger partial charge on any atom is 0.300 e. The Kier molecular flexibility index (Phi) is 6.58. The fourth-order valence-electron chi connectivity index (χ4n) is 0.720. The van der Waals surface area contributed by atoms with Crippen molar-refractivity contribution < 1.29 is 9.90 Å². The van der Waals surface area contributed by atoms with Crippen molar-refractivity contribution in [2.75, 3.05) is 0 Å². The molecule has 0 unspecified atom stereocenters. The second-order valence-corrected chi connectivity index (χ2v) is 3.74. The van der Waals surface area contributed by atoms with Crippen LogP contribution in [0, 0.1) is 3.57 Å². The molecule has 0 saturated heterocycles. The number of halogens is 1. The average molecular weight is 292 g/mol. The molecule has 0 amide bonds. The molecule has 0 saturated carbocycles. The SMILES string of the molecule is CC(=O)O.CCc1ccc(I)cc1. The van der Waals surface area contributed by atoms with E-state index in [1.807, 2.05) is 0 Å². The van der Waals surface area contributed by atoms with Crippen LogP contribution in [0.3, 0.4) is 0 Å². The van der Waals surface area contributed by atoms with Crippen molar-refractivity contribution in [3.63, 3.8) is 0 Å². The predicted octanol–water partition coefficient (Wildman–Crippen LogP) is 2.94. The van der Waals surface area contributed by atoms with Crippen molar-refractivity contribution in [3.05, 3.63) is 33.4 Å². The van der Waals surface area contributed by atoms with Gasteiger partial charge < -0.3 is 5.11 Å². The van der Waals surface area contributed by atoms with Crippen LogP contribution in [0.5, 0.6) is 0 Å². The van der Waals surface area contributed by atoms with Gasteiger partial charge in [-0.2, -0.15) is 0 Å². The molecule has 0 fully saturated rings. The van der Waals surface area contributed by atoms with Crippen molar-refractivity contribution in [3.8, 4) is 0 Å². The molecule has 0 heterocycles. The summed E-state index contributed by atoms with van der Waals surface area (Å²) in [6, 6.07) is 8.61. The molecule has 0 aliphatic carbocycles. The van der Waals surface area contributed by atoms with E-state index in [2.05, 4.69) is 53.8 Å². The van der Waals surface area contributed by atoms with Crippen molar-refractivity contribution in [2.24, 2.45) is 0 Å². The summed E-state index contributed by atoms with van der Waals surface area (Å²) in [6.07, 6.45) is 1.14. The van der Waals surface area contributed by atoms with Crippen LogP contribution in [0.15, 0.2) is 24.3 Å². The van der Waals surface area contributed by atoms with E-state index in [4.69, 9.17) is 9.90 Å². The second kappa shape index (κ2) is 6.88. The van der Waals surface area contributed by atoms with Gasteiger partial charge in [-0.1, -0.05) is 19.1 Å². The molecular formula is C10H13IO2. The smallest absolute Gasteiger partial charge is 0.300 e. The molecule has 0 aromatic heterocycles. The zero-order chi connectivity index (χ0) is 10.3. The predicted molar refractivity (Wildman–Crippen MR) is 61.8 cm³/mol. The molecule has 1 rings (SSSR count). The Balaban J connectivity index is 0.000000310. The summed E-state index contributed by atoms with van der Waals surface area (Å²) in [5.74, 6) is -0.833. The van der Waals surface area contributed by atoms with Crippen molar-refractivity contribution in [1.29, 1.82) is 0 Å². The topological polar surface area (TPSA) is 37.3 Å². The van der Waals surface area contributed by atoms with Crippen LogP contribution in [0.25, 0.3) is 0 Å². The molecule has 0 aliphatic heterocycles. The fourth-order valence-corrected chi connectivity index (χ4v) is 1.08. The molecule has 0 bridgehead atoms. The first-order valence-corrected chi connectivity index (χ1v) is 5.08. The fraction of sp³-hybridized carbons (Fsp3) is 0.300. The summed E-state index contributed by atoms with van der Waals surface area (Å²) in [5.41, 5.74) is 1.41. The van der Waals surface area contributed by atoms with E-state index in [0.717, 1.165) is 13.3 Å². The molecule has 1 aromatic rings. The number of benzene rings is 1. The molecule has 1 N–H and O–H groups in total. The zero-order valence-corrected chi connectivity index (χ0v) is 9.91.